The quantitative estimate of drug-likeness (QED) is 0.700. The van der Waals surface area contributed by atoms with Crippen molar-refractivity contribution in [1.29, 1.82) is 0 Å². The summed E-state index contributed by atoms with van der Waals surface area (Å²) in [5.41, 5.74) is 3.08. The monoisotopic (exact) mass is 287 g/mol. The molecule has 0 radical (unpaired) electrons. The summed E-state index contributed by atoms with van der Waals surface area (Å²) >= 11 is 6.04. The van der Waals surface area contributed by atoms with E-state index in [1.54, 1.807) is 30.9 Å². The fraction of sp³-hybridized carbons (Fsp3) is 0.0769. The Morgan fingerprint density at radius 3 is 2.60 bits per heavy atom. The van der Waals surface area contributed by atoms with Gasteiger partial charge in [-0.25, -0.2) is 4.98 Å². The van der Waals surface area contributed by atoms with E-state index in [2.05, 4.69) is 9.97 Å². The number of pyridine rings is 1. The first kappa shape index (κ1) is 13.1. The van der Waals surface area contributed by atoms with Gasteiger partial charge in [-0.05, 0) is 11.0 Å². The van der Waals surface area contributed by atoms with Crippen molar-refractivity contribution in [2.24, 2.45) is 0 Å². The lowest BCUT2D eigenvalue weighted by Crippen LogP contribution is -2.29. The van der Waals surface area contributed by atoms with E-state index in [4.69, 9.17) is 21.6 Å². The van der Waals surface area contributed by atoms with Crippen LogP contribution in [0.3, 0.4) is 0 Å². The van der Waals surface area contributed by atoms with E-state index in [9.17, 15) is 0 Å². The number of aromatic nitrogens is 3. The smallest absolute Gasteiger partial charge is 0.423 e. The van der Waals surface area contributed by atoms with Gasteiger partial charge >= 0.3 is 7.12 Å². The third kappa shape index (κ3) is 2.41. The van der Waals surface area contributed by atoms with Crippen molar-refractivity contribution >= 4 is 35.2 Å². The van der Waals surface area contributed by atoms with Gasteiger partial charge in [0.2, 0.25) is 0 Å². The number of fused-ring (bicyclic) bond motifs is 1. The van der Waals surface area contributed by atoms with E-state index in [0.29, 0.717) is 17.0 Å². The molecule has 0 aliphatic rings. The van der Waals surface area contributed by atoms with Gasteiger partial charge < -0.3 is 14.6 Å². The zero-order valence-electron chi connectivity index (χ0n) is 10.4. The summed E-state index contributed by atoms with van der Waals surface area (Å²) in [6, 6.07) is 7.06. The lowest BCUT2D eigenvalue weighted by molar-refractivity contribution is 0.426. The topological polar surface area (TPSA) is 71.2 Å². The van der Waals surface area contributed by atoms with Crippen LogP contribution in [0.5, 0.6) is 0 Å². The minimum Gasteiger partial charge on any atom is -0.423 e. The molecule has 2 heterocycles. The first-order chi connectivity index (χ1) is 9.65. The molecule has 3 rings (SSSR count). The van der Waals surface area contributed by atoms with Crippen LogP contribution in [0, 0.1) is 0 Å². The van der Waals surface area contributed by atoms with E-state index < -0.39 is 7.12 Å². The number of hydrogen-bond donors (Lipinski definition) is 2. The van der Waals surface area contributed by atoms with Crippen LogP contribution >= 0.6 is 11.6 Å². The summed E-state index contributed by atoms with van der Waals surface area (Å²) in [6.07, 6.45) is 5.01. The molecule has 7 heteroatoms. The molecule has 0 aliphatic carbocycles. The van der Waals surface area contributed by atoms with Gasteiger partial charge in [-0.3, -0.25) is 4.98 Å². The molecule has 0 aliphatic heterocycles. The molecule has 100 valence electrons. The zero-order chi connectivity index (χ0) is 14.1. The molecular formula is C13H11BClN3O2. The third-order valence-electron chi connectivity index (χ3n) is 3.12. The molecule has 0 unspecified atom stereocenters. The van der Waals surface area contributed by atoms with Gasteiger partial charge in [0.15, 0.2) is 0 Å². The Bertz CT molecular complexity index is 743. The number of rotatable bonds is 3. The Morgan fingerprint density at radius 2 is 1.90 bits per heavy atom. The highest BCUT2D eigenvalue weighted by molar-refractivity contribution is 6.58. The van der Waals surface area contributed by atoms with E-state index in [0.717, 1.165) is 16.6 Å². The van der Waals surface area contributed by atoms with Crippen LogP contribution in [0.25, 0.3) is 11.0 Å². The Hall–Kier alpha value is -1.89. The molecule has 0 amide bonds. The maximum absolute atomic E-state index is 9.06. The Morgan fingerprint density at radius 1 is 1.15 bits per heavy atom. The Labute approximate surface area is 120 Å². The van der Waals surface area contributed by atoms with Crippen LogP contribution in [0.1, 0.15) is 5.56 Å². The first-order valence-electron chi connectivity index (χ1n) is 6.04. The van der Waals surface area contributed by atoms with Gasteiger partial charge in [0.25, 0.3) is 0 Å². The van der Waals surface area contributed by atoms with Crippen LogP contribution in [-0.2, 0) is 6.54 Å². The summed E-state index contributed by atoms with van der Waals surface area (Å²) < 4.78 is 1.94. The fourth-order valence-electron chi connectivity index (χ4n) is 2.06. The van der Waals surface area contributed by atoms with Gasteiger partial charge in [0.05, 0.1) is 23.1 Å². The molecule has 0 bridgehead atoms. The largest absolute Gasteiger partial charge is 0.488 e. The molecule has 1 aromatic carbocycles. The van der Waals surface area contributed by atoms with Gasteiger partial charge in [-0.1, -0.05) is 35.9 Å². The van der Waals surface area contributed by atoms with Crippen molar-refractivity contribution in [2.45, 2.75) is 6.54 Å². The number of halogens is 1. The van der Waals surface area contributed by atoms with Crippen molar-refractivity contribution in [1.82, 2.24) is 14.5 Å². The van der Waals surface area contributed by atoms with Gasteiger partial charge in [0, 0.05) is 12.7 Å². The molecular weight excluding hydrogens is 276 g/mol. The van der Waals surface area contributed by atoms with Crippen LogP contribution < -0.4 is 5.46 Å². The van der Waals surface area contributed by atoms with Crippen molar-refractivity contribution < 1.29 is 10.0 Å². The molecule has 3 aromatic rings. The van der Waals surface area contributed by atoms with E-state index in [1.807, 2.05) is 16.7 Å². The minimum atomic E-state index is -1.44. The SMILES string of the molecule is OB(O)c1ccc(Cn2cnc3c(Cl)cncc32)cc1. The lowest BCUT2D eigenvalue weighted by Gasteiger charge is -2.06. The average Bonchev–Trinajstić information content (AvgIpc) is 2.84. The number of hydrogen-bond acceptors (Lipinski definition) is 4. The van der Waals surface area contributed by atoms with Crippen LogP contribution in [0.4, 0.5) is 0 Å². The summed E-state index contributed by atoms with van der Waals surface area (Å²) in [4.78, 5) is 8.34. The van der Waals surface area contributed by atoms with E-state index in [1.165, 1.54) is 0 Å². The molecule has 5 nitrogen and oxygen atoms in total. The van der Waals surface area contributed by atoms with Crippen molar-refractivity contribution in [2.75, 3.05) is 0 Å². The normalized spacial score (nSPS) is 10.9. The first-order valence-corrected chi connectivity index (χ1v) is 6.42. The van der Waals surface area contributed by atoms with E-state index >= 15 is 0 Å². The number of benzene rings is 1. The molecule has 20 heavy (non-hydrogen) atoms. The van der Waals surface area contributed by atoms with Gasteiger partial charge in [0.1, 0.15) is 5.52 Å². The molecule has 0 saturated heterocycles. The number of imidazole rings is 1. The average molecular weight is 288 g/mol. The highest BCUT2D eigenvalue weighted by Gasteiger charge is 2.10. The molecule has 2 aromatic heterocycles. The standard InChI is InChI=1S/C13H11BClN3O2/c15-11-5-16-6-12-13(11)17-8-18(12)7-9-1-3-10(4-2-9)14(19)20/h1-6,8,19-20H,7H2. The second kappa shape index (κ2) is 5.24. The van der Waals surface area contributed by atoms with Crippen molar-refractivity contribution in [3.8, 4) is 0 Å². The van der Waals surface area contributed by atoms with Crippen LogP contribution in [0.15, 0.2) is 43.0 Å². The summed E-state index contributed by atoms with van der Waals surface area (Å²) in [7, 11) is -1.44. The van der Waals surface area contributed by atoms with Gasteiger partial charge in [-0.15, -0.1) is 0 Å². The Kier molecular flexibility index (Phi) is 3.44. The van der Waals surface area contributed by atoms with Crippen LogP contribution in [-0.4, -0.2) is 31.7 Å². The molecule has 0 spiro atoms. The Balaban J connectivity index is 1.91. The molecule has 0 fully saturated rings. The predicted octanol–water partition coefficient (Wildman–Crippen LogP) is 0.813. The predicted molar refractivity (Wildman–Crippen MR) is 77.9 cm³/mol. The fourth-order valence-corrected chi connectivity index (χ4v) is 2.27. The summed E-state index contributed by atoms with van der Waals surface area (Å²) in [6.45, 7) is 0.611. The zero-order valence-corrected chi connectivity index (χ0v) is 11.2. The minimum absolute atomic E-state index is 0.467. The molecule has 0 atom stereocenters. The van der Waals surface area contributed by atoms with Crippen molar-refractivity contribution in [3.63, 3.8) is 0 Å². The lowest BCUT2D eigenvalue weighted by atomic mass is 9.80. The van der Waals surface area contributed by atoms with Gasteiger partial charge in [-0.2, -0.15) is 0 Å². The maximum atomic E-state index is 9.06. The third-order valence-corrected chi connectivity index (χ3v) is 3.40. The second-order valence-corrected chi connectivity index (χ2v) is 4.88. The highest BCUT2D eigenvalue weighted by Crippen LogP contribution is 2.20. The highest BCUT2D eigenvalue weighted by atomic mass is 35.5. The summed E-state index contributed by atoms with van der Waals surface area (Å²) in [5, 5.41) is 18.6. The van der Waals surface area contributed by atoms with Crippen molar-refractivity contribution in [3.05, 3.63) is 53.6 Å². The molecule has 0 saturated carbocycles. The van der Waals surface area contributed by atoms with E-state index in [-0.39, 0.29) is 0 Å². The van der Waals surface area contributed by atoms with Crippen LogP contribution in [0.2, 0.25) is 5.02 Å². The molecule has 2 N–H and O–H groups in total. The maximum Gasteiger partial charge on any atom is 0.488 e. The second-order valence-electron chi connectivity index (χ2n) is 4.48. The summed E-state index contributed by atoms with van der Waals surface area (Å²) in [5.74, 6) is 0. The number of nitrogens with zero attached hydrogens (tertiary/aromatic N) is 3.